The lowest BCUT2D eigenvalue weighted by Crippen LogP contribution is -2.30. The molecule has 0 radical (unpaired) electrons. The molecule has 0 aromatic carbocycles. The van der Waals surface area contributed by atoms with Gasteiger partial charge >= 0.3 is 0 Å². The zero-order chi connectivity index (χ0) is 7.72. The number of halogens is 2. The average Bonchev–Trinajstić information content (AvgIpc) is 1.82. The standard InChI is InChI=1S/C8H14I2/c1-5-3-7(9)6(2)8(10)4-5/h5-8H,3-4H2,1-2H3. The Morgan fingerprint density at radius 1 is 1.00 bits per heavy atom. The van der Waals surface area contributed by atoms with Crippen LogP contribution in [0.25, 0.3) is 0 Å². The van der Waals surface area contributed by atoms with E-state index in [1.54, 1.807) is 0 Å². The van der Waals surface area contributed by atoms with Crippen LogP contribution in [0.5, 0.6) is 0 Å². The highest BCUT2D eigenvalue weighted by molar-refractivity contribution is 14.1. The van der Waals surface area contributed by atoms with Crippen LogP contribution in [0.4, 0.5) is 0 Å². The SMILES string of the molecule is CC1CC(I)C(C)C(I)C1. The zero-order valence-corrected chi connectivity index (χ0v) is 10.8. The quantitative estimate of drug-likeness (QED) is 0.455. The molecule has 2 unspecified atom stereocenters. The molecule has 0 nitrogen and oxygen atoms in total. The van der Waals surface area contributed by atoms with Crippen molar-refractivity contribution in [1.29, 1.82) is 0 Å². The Hall–Kier alpha value is 1.46. The zero-order valence-electron chi connectivity index (χ0n) is 6.48. The van der Waals surface area contributed by atoms with Crippen LogP contribution in [0.3, 0.4) is 0 Å². The molecule has 0 saturated heterocycles. The van der Waals surface area contributed by atoms with E-state index >= 15 is 0 Å². The number of hydrogen-bond acceptors (Lipinski definition) is 0. The summed E-state index contributed by atoms with van der Waals surface area (Å²) < 4.78 is 1.84. The average molecular weight is 364 g/mol. The fourth-order valence-electron chi connectivity index (χ4n) is 1.52. The van der Waals surface area contributed by atoms with E-state index in [-0.39, 0.29) is 0 Å². The minimum atomic E-state index is 0.920. The van der Waals surface area contributed by atoms with Crippen molar-refractivity contribution in [3.8, 4) is 0 Å². The van der Waals surface area contributed by atoms with Crippen molar-refractivity contribution in [3.63, 3.8) is 0 Å². The second kappa shape index (κ2) is 3.92. The summed E-state index contributed by atoms with van der Waals surface area (Å²) >= 11 is 5.22. The molecule has 2 atom stereocenters. The molecule has 0 heterocycles. The molecule has 0 aromatic heterocycles. The van der Waals surface area contributed by atoms with Crippen LogP contribution in [0.1, 0.15) is 26.7 Å². The third-order valence-electron chi connectivity index (χ3n) is 2.40. The van der Waals surface area contributed by atoms with Crippen LogP contribution in [0, 0.1) is 11.8 Å². The lowest BCUT2D eigenvalue weighted by molar-refractivity contribution is 0.347. The third kappa shape index (κ3) is 2.22. The first-order chi connectivity index (χ1) is 4.61. The molecule has 0 N–H and O–H groups in total. The Labute approximate surface area is 90.8 Å². The van der Waals surface area contributed by atoms with Gasteiger partial charge in [-0.15, -0.1) is 0 Å². The van der Waals surface area contributed by atoms with Gasteiger partial charge in [0.2, 0.25) is 0 Å². The topological polar surface area (TPSA) is 0 Å². The van der Waals surface area contributed by atoms with Gasteiger partial charge in [0.25, 0.3) is 0 Å². The summed E-state index contributed by atoms with van der Waals surface area (Å²) in [4.78, 5) is 0. The molecule has 10 heavy (non-hydrogen) atoms. The van der Waals surface area contributed by atoms with E-state index in [1.807, 2.05) is 0 Å². The molecule has 0 aliphatic heterocycles. The van der Waals surface area contributed by atoms with Crippen molar-refractivity contribution in [2.75, 3.05) is 0 Å². The van der Waals surface area contributed by atoms with Gasteiger partial charge in [-0.2, -0.15) is 0 Å². The molecule has 1 aliphatic carbocycles. The summed E-state index contributed by atoms with van der Waals surface area (Å²) in [7, 11) is 0. The summed E-state index contributed by atoms with van der Waals surface area (Å²) in [5.74, 6) is 1.89. The van der Waals surface area contributed by atoms with Crippen molar-refractivity contribution in [2.45, 2.75) is 34.5 Å². The second-order valence-corrected chi connectivity index (χ2v) is 6.67. The fourth-order valence-corrected chi connectivity index (χ4v) is 5.05. The van der Waals surface area contributed by atoms with Crippen LogP contribution in [0.2, 0.25) is 0 Å². The van der Waals surface area contributed by atoms with Crippen LogP contribution < -0.4 is 0 Å². The Balaban J connectivity index is 2.49. The smallest absolute Gasteiger partial charge is 0.0148 e. The van der Waals surface area contributed by atoms with E-state index in [0.29, 0.717) is 0 Å². The fraction of sp³-hybridized carbons (Fsp3) is 1.00. The van der Waals surface area contributed by atoms with Gasteiger partial charge in [0.1, 0.15) is 0 Å². The van der Waals surface area contributed by atoms with Crippen molar-refractivity contribution in [1.82, 2.24) is 0 Å². The van der Waals surface area contributed by atoms with E-state index in [9.17, 15) is 0 Å². The minimum absolute atomic E-state index is 0.920. The summed E-state index contributed by atoms with van der Waals surface area (Å²) in [5.41, 5.74) is 0. The lowest BCUT2D eigenvalue weighted by Gasteiger charge is -2.33. The van der Waals surface area contributed by atoms with E-state index in [0.717, 1.165) is 19.7 Å². The Bertz CT molecular complexity index is 102. The predicted octanol–water partition coefficient (Wildman–Crippen LogP) is 3.66. The van der Waals surface area contributed by atoms with Crippen molar-refractivity contribution >= 4 is 45.2 Å². The Morgan fingerprint density at radius 2 is 1.40 bits per heavy atom. The molecular weight excluding hydrogens is 350 g/mol. The summed E-state index contributed by atoms with van der Waals surface area (Å²) in [6.07, 6.45) is 2.86. The maximum Gasteiger partial charge on any atom is 0.0148 e. The molecule has 1 saturated carbocycles. The first-order valence-corrected chi connectivity index (χ1v) is 6.38. The normalized spacial score (nSPS) is 49.2. The highest BCUT2D eigenvalue weighted by Gasteiger charge is 2.29. The second-order valence-electron chi connectivity index (χ2n) is 3.47. The van der Waals surface area contributed by atoms with Crippen LogP contribution in [-0.2, 0) is 0 Å². The van der Waals surface area contributed by atoms with Crippen molar-refractivity contribution in [3.05, 3.63) is 0 Å². The summed E-state index contributed by atoms with van der Waals surface area (Å²) in [6.45, 7) is 4.77. The van der Waals surface area contributed by atoms with Crippen molar-refractivity contribution < 1.29 is 0 Å². The highest BCUT2D eigenvalue weighted by atomic mass is 127. The highest BCUT2D eigenvalue weighted by Crippen LogP contribution is 2.37. The molecule has 0 amide bonds. The molecule has 0 aromatic rings. The van der Waals surface area contributed by atoms with Gasteiger partial charge in [0, 0.05) is 7.85 Å². The lowest BCUT2D eigenvalue weighted by atomic mass is 9.84. The molecule has 1 rings (SSSR count). The molecule has 60 valence electrons. The first-order valence-electron chi connectivity index (χ1n) is 3.89. The van der Waals surface area contributed by atoms with E-state index in [4.69, 9.17) is 0 Å². The molecular formula is C8H14I2. The Morgan fingerprint density at radius 3 is 1.80 bits per heavy atom. The summed E-state index contributed by atoms with van der Waals surface area (Å²) in [6, 6.07) is 0. The Kier molecular flexibility index (Phi) is 3.74. The van der Waals surface area contributed by atoms with Crippen LogP contribution in [-0.4, -0.2) is 7.85 Å². The summed E-state index contributed by atoms with van der Waals surface area (Å²) in [5, 5.41) is 0. The largest absolute Gasteiger partial charge is 0.0823 e. The molecule has 0 spiro atoms. The van der Waals surface area contributed by atoms with Gasteiger partial charge in [-0.3, -0.25) is 0 Å². The van der Waals surface area contributed by atoms with Gasteiger partial charge in [0.15, 0.2) is 0 Å². The molecule has 1 fully saturated rings. The van der Waals surface area contributed by atoms with Gasteiger partial charge in [0.05, 0.1) is 0 Å². The monoisotopic (exact) mass is 364 g/mol. The van der Waals surface area contributed by atoms with Crippen LogP contribution in [0.15, 0.2) is 0 Å². The van der Waals surface area contributed by atoms with E-state index in [1.165, 1.54) is 12.8 Å². The maximum atomic E-state index is 2.61. The van der Waals surface area contributed by atoms with Crippen molar-refractivity contribution in [2.24, 2.45) is 11.8 Å². The van der Waals surface area contributed by atoms with Crippen LogP contribution >= 0.6 is 45.2 Å². The molecule has 2 heteroatoms. The van der Waals surface area contributed by atoms with Gasteiger partial charge in [-0.05, 0) is 24.7 Å². The third-order valence-corrected chi connectivity index (χ3v) is 5.68. The van der Waals surface area contributed by atoms with Gasteiger partial charge < -0.3 is 0 Å². The van der Waals surface area contributed by atoms with Gasteiger partial charge in [-0.1, -0.05) is 59.0 Å². The van der Waals surface area contributed by atoms with E-state index in [2.05, 4.69) is 59.0 Å². The van der Waals surface area contributed by atoms with E-state index < -0.39 is 0 Å². The molecule has 0 bridgehead atoms. The minimum Gasteiger partial charge on any atom is -0.0823 e. The number of rotatable bonds is 0. The predicted molar refractivity (Wildman–Crippen MR) is 63.2 cm³/mol. The number of hydrogen-bond donors (Lipinski definition) is 0. The molecule has 1 aliphatic rings. The van der Waals surface area contributed by atoms with Gasteiger partial charge in [-0.25, -0.2) is 0 Å². The first kappa shape index (κ1) is 9.55. The number of alkyl halides is 2. The maximum absolute atomic E-state index is 2.61.